The Kier molecular flexibility index (Phi) is 8.26. The normalized spacial score (nSPS) is 48.1. The van der Waals surface area contributed by atoms with E-state index in [2.05, 4.69) is 25.7 Å². The number of esters is 1. The minimum atomic E-state index is -1.14. The van der Waals surface area contributed by atoms with Crippen molar-refractivity contribution in [2.75, 3.05) is 32.9 Å². The van der Waals surface area contributed by atoms with E-state index < -0.39 is 11.7 Å². The number of morpholine rings is 1. The number of carbonyl (C=O) groups excluding carboxylic acids is 1. The third-order valence-corrected chi connectivity index (χ3v) is 15.8. The van der Waals surface area contributed by atoms with E-state index in [1.54, 1.807) is 13.8 Å². The molecular weight excluding hydrogens is 594 g/mol. The molecule has 8 aliphatic rings. The van der Waals surface area contributed by atoms with Crippen molar-refractivity contribution in [3.8, 4) is 0 Å². The Balaban J connectivity index is 0.956. The fourth-order valence-electron chi connectivity index (χ4n) is 13.5. The summed E-state index contributed by atoms with van der Waals surface area (Å²) in [5, 5.41) is 11.1. The van der Waals surface area contributed by atoms with Crippen molar-refractivity contribution in [3.05, 3.63) is 0 Å². The molecule has 0 amide bonds. The van der Waals surface area contributed by atoms with Gasteiger partial charge < -0.3 is 28.8 Å². The van der Waals surface area contributed by atoms with E-state index in [-0.39, 0.29) is 36.0 Å². The molecule has 266 valence electrons. The number of hydrogen-bond acceptors (Lipinski definition) is 8. The van der Waals surface area contributed by atoms with Crippen molar-refractivity contribution in [1.29, 1.82) is 0 Å². The minimum absolute atomic E-state index is 0.126. The van der Waals surface area contributed by atoms with Crippen LogP contribution in [-0.4, -0.2) is 91.2 Å². The zero-order chi connectivity index (χ0) is 33.0. The number of ether oxygens (including phenoxy) is 5. The summed E-state index contributed by atoms with van der Waals surface area (Å²) in [6, 6.07) is 0.535. The highest BCUT2D eigenvalue weighted by Crippen LogP contribution is 2.87. The fourth-order valence-corrected chi connectivity index (χ4v) is 13.5. The van der Waals surface area contributed by atoms with Crippen LogP contribution in [0.25, 0.3) is 0 Å². The van der Waals surface area contributed by atoms with Gasteiger partial charge in [-0.25, -0.2) is 0 Å². The van der Waals surface area contributed by atoms with E-state index in [0.29, 0.717) is 46.5 Å². The summed E-state index contributed by atoms with van der Waals surface area (Å²) in [7, 11) is 0. The van der Waals surface area contributed by atoms with Crippen LogP contribution < -0.4 is 0 Å². The molecule has 3 heterocycles. The molecule has 1 N–H and O–H groups in total. The molecule has 3 aliphatic heterocycles. The van der Waals surface area contributed by atoms with Gasteiger partial charge in [-0.2, -0.15) is 0 Å². The first kappa shape index (κ1) is 33.4. The number of hydrogen-bond donors (Lipinski definition) is 1. The number of nitrogens with zero attached hydrogens (tertiary/aromatic N) is 1. The highest BCUT2D eigenvalue weighted by atomic mass is 16.7. The van der Waals surface area contributed by atoms with Gasteiger partial charge in [-0.15, -0.1) is 0 Å². The Bertz CT molecular complexity index is 1200. The van der Waals surface area contributed by atoms with Gasteiger partial charge in [-0.05, 0) is 130 Å². The second-order valence-electron chi connectivity index (χ2n) is 18.8. The number of fused-ring (bicyclic) bond motifs is 4. The molecule has 8 nitrogen and oxygen atoms in total. The summed E-state index contributed by atoms with van der Waals surface area (Å²) in [6.45, 7) is 17.5. The smallest absolute Gasteiger partial charge is 0.306 e. The van der Waals surface area contributed by atoms with Crippen molar-refractivity contribution in [3.63, 3.8) is 0 Å². The van der Waals surface area contributed by atoms with Crippen LogP contribution in [0, 0.1) is 45.3 Å². The van der Waals surface area contributed by atoms with Gasteiger partial charge in [0.1, 0.15) is 0 Å². The van der Waals surface area contributed by atoms with Gasteiger partial charge >= 0.3 is 5.97 Å². The largest absolute Gasteiger partial charge is 0.457 e. The Morgan fingerprint density at radius 2 is 1.79 bits per heavy atom. The van der Waals surface area contributed by atoms with Gasteiger partial charge in [-0.3, -0.25) is 9.69 Å². The van der Waals surface area contributed by atoms with Crippen LogP contribution in [0.2, 0.25) is 0 Å². The zero-order valence-electron chi connectivity index (χ0n) is 30.1. The van der Waals surface area contributed by atoms with Crippen LogP contribution in [0.5, 0.6) is 0 Å². The van der Waals surface area contributed by atoms with Crippen LogP contribution in [-0.2, 0) is 28.5 Å². The molecule has 8 fully saturated rings. The summed E-state index contributed by atoms with van der Waals surface area (Å²) >= 11 is 0. The molecule has 8 rings (SSSR count). The summed E-state index contributed by atoms with van der Waals surface area (Å²) in [5.74, 6) is 2.52. The Morgan fingerprint density at radius 1 is 1.00 bits per heavy atom. The van der Waals surface area contributed by atoms with Crippen molar-refractivity contribution in [2.24, 2.45) is 45.3 Å². The van der Waals surface area contributed by atoms with Gasteiger partial charge in [0.2, 0.25) is 0 Å². The van der Waals surface area contributed by atoms with Crippen LogP contribution >= 0.6 is 0 Å². The van der Waals surface area contributed by atoms with Gasteiger partial charge in [0.05, 0.1) is 56.3 Å². The van der Waals surface area contributed by atoms with E-state index in [1.807, 2.05) is 6.92 Å². The molecule has 0 aromatic carbocycles. The SMILES string of the molecule is CCCC(=O)O[C@@H](C1CCC2C(CC3C4CCC5C(C)(C)[C@@H](OC6CN(C7COC7)CCO6)CCC56C[C@@]46CCC23C)O1)C(C)(C)O. The maximum atomic E-state index is 12.5. The van der Waals surface area contributed by atoms with Crippen LogP contribution in [0.4, 0.5) is 0 Å². The summed E-state index contributed by atoms with van der Waals surface area (Å²) < 4.78 is 31.4. The summed E-state index contributed by atoms with van der Waals surface area (Å²) in [4.78, 5) is 15.1. The molecule has 0 aromatic rings. The second-order valence-corrected chi connectivity index (χ2v) is 18.8. The Morgan fingerprint density at radius 3 is 2.51 bits per heavy atom. The predicted molar refractivity (Wildman–Crippen MR) is 177 cm³/mol. The van der Waals surface area contributed by atoms with E-state index in [0.717, 1.165) is 70.9 Å². The first-order valence-corrected chi connectivity index (χ1v) is 19.5. The lowest BCUT2D eigenvalue weighted by Crippen LogP contribution is -2.58. The van der Waals surface area contributed by atoms with E-state index in [9.17, 15) is 9.90 Å². The standard InChI is InChI=1S/C39H63NO7/c1-7-8-32(41)47-34(36(4,5)42)28-11-9-26-29(45-28)19-27-25-10-12-30-35(2,3)31(46-33-20-40(17-18-44-33)24-21-43-22-24)13-14-39(30)23-38(25,39)16-15-37(26,27)6/h24-31,33-34,42H,7-23H2,1-6H3/t25?,26?,27?,28?,29?,30?,31-,33?,34-,37?,38-,39?/m0/s1. The van der Waals surface area contributed by atoms with Crippen molar-refractivity contribution in [1.82, 2.24) is 4.90 Å². The minimum Gasteiger partial charge on any atom is -0.457 e. The molecule has 12 atom stereocenters. The molecule has 0 bridgehead atoms. The van der Waals surface area contributed by atoms with Crippen molar-refractivity contribution < 1.29 is 33.6 Å². The second kappa shape index (κ2) is 11.6. The average Bonchev–Trinajstić information content (AvgIpc) is 3.56. The lowest BCUT2D eigenvalue weighted by molar-refractivity contribution is -0.253. The molecule has 8 heteroatoms. The van der Waals surface area contributed by atoms with E-state index in [1.165, 1.54) is 38.5 Å². The zero-order valence-corrected chi connectivity index (χ0v) is 30.1. The molecular formula is C39H63NO7. The molecule has 5 saturated carbocycles. The summed E-state index contributed by atoms with van der Waals surface area (Å²) in [5.41, 5.74) is 0.280. The van der Waals surface area contributed by atoms with Crippen molar-refractivity contribution >= 4 is 5.97 Å². The lowest BCUT2D eigenvalue weighted by atomic mass is 9.46. The molecule has 9 unspecified atom stereocenters. The quantitative estimate of drug-likeness (QED) is 0.313. The van der Waals surface area contributed by atoms with E-state index in [4.69, 9.17) is 23.7 Å². The maximum absolute atomic E-state index is 12.5. The number of carbonyl (C=O) groups is 1. The van der Waals surface area contributed by atoms with Crippen LogP contribution in [0.15, 0.2) is 0 Å². The van der Waals surface area contributed by atoms with E-state index >= 15 is 0 Å². The first-order chi connectivity index (χ1) is 22.3. The molecule has 2 spiro atoms. The highest BCUT2D eigenvalue weighted by molar-refractivity contribution is 5.69. The average molecular weight is 658 g/mol. The lowest BCUT2D eigenvalue weighted by Gasteiger charge is -2.60. The molecule has 3 saturated heterocycles. The van der Waals surface area contributed by atoms with Crippen LogP contribution in [0.3, 0.4) is 0 Å². The molecule has 5 aliphatic carbocycles. The third-order valence-electron chi connectivity index (χ3n) is 15.8. The summed E-state index contributed by atoms with van der Waals surface area (Å²) in [6.07, 6.45) is 12.9. The van der Waals surface area contributed by atoms with Crippen LogP contribution in [0.1, 0.15) is 119 Å². The maximum Gasteiger partial charge on any atom is 0.306 e. The van der Waals surface area contributed by atoms with Gasteiger partial charge in [0.25, 0.3) is 0 Å². The highest BCUT2D eigenvalue weighted by Gasteiger charge is 2.80. The monoisotopic (exact) mass is 657 g/mol. The van der Waals surface area contributed by atoms with Gasteiger partial charge in [0.15, 0.2) is 12.4 Å². The van der Waals surface area contributed by atoms with Gasteiger partial charge in [0, 0.05) is 13.0 Å². The first-order valence-electron chi connectivity index (χ1n) is 19.5. The Hall–Kier alpha value is -0.770. The topological polar surface area (TPSA) is 86.7 Å². The third kappa shape index (κ3) is 5.14. The molecule has 47 heavy (non-hydrogen) atoms. The molecule has 0 aromatic heterocycles. The fraction of sp³-hybridized carbons (Fsp3) is 0.974. The number of aliphatic hydroxyl groups is 1. The van der Waals surface area contributed by atoms with Crippen molar-refractivity contribution in [2.45, 2.75) is 161 Å². The molecule has 0 radical (unpaired) electrons. The predicted octanol–water partition coefficient (Wildman–Crippen LogP) is 6.12. The van der Waals surface area contributed by atoms with Gasteiger partial charge in [-0.1, -0.05) is 27.7 Å². The number of rotatable bonds is 8. The Labute approximate surface area is 283 Å².